The fourth-order valence-electron chi connectivity index (χ4n) is 3.00. The number of aryl methyl sites for hydroxylation is 2. The average Bonchev–Trinajstić information content (AvgIpc) is 3.13. The Kier molecular flexibility index (Phi) is 6.74. The summed E-state index contributed by atoms with van der Waals surface area (Å²) < 4.78 is 27.2. The molecule has 0 spiro atoms. The summed E-state index contributed by atoms with van der Waals surface area (Å²) in [6.07, 6.45) is 2.09. The highest BCUT2D eigenvalue weighted by atomic mass is 32.2. The molecule has 0 saturated heterocycles. The first-order chi connectivity index (χ1) is 14.2. The zero-order valence-corrected chi connectivity index (χ0v) is 18.9. The molecule has 11 heteroatoms. The smallest absolute Gasteiger partial charge is 0.253 e. The molecule has 0 radical (unpaired) electrons. The van der Waals surface area contributed by atoms with Crippen molar-refractivity contribution >= 4 is 33.5 Å². The Morgan fingerprint density at radius 2 is 1.80 bits per heavy atom. The molecule has 0 aliphatic carbocycles. The van der Waals surface area contributed by atoms with Crippen LogP contribution >= 0.6 is 11.8 Å². The second-order valence-corrected chi connectivity index (χ2v) is 9.50. The normalized spacial score (nSPS) is 11.7. The number of nitrogens with zero attached hydrogens (tertiary/aromatic N) is 4. The number of sulfonamides is 1. The molecular weight excluding hydrogens is 424 g/mol. The molecule has 160 valence electrons. The molecule has 3 rings (SSSR count). The zero-order chi connectivity index (χ0) is 21.9. The van der Waals surface area contributed by atoms with Crippen LogP contribution in [0.2, 0.25) is 0 Å². The van der Waals surface area contributed by atoms with E-state index < -0.39 is 10.0 Å². The summed E-state index contributed by atoms with van der Waals surface area (Å²) in [7, 11) is -1.92. The van der Waals surface area contributed by atoms with Crippen molar-refractivity contribution in [2.24, 2.45) is 0 Å². The Hall–Kier alpha value is -2.50. The molecule has 3 aromatic rings. The topological polar surface area (TPSA) is 118 Å². The van der Waals surface area contributed by atoms with Crippen LogP contribution < -0.4 is 10.0 Å². The number of fused-ring (bicyclic) bond motifs is 1. The maximum absolute atomic E-state index is 12.5. The SMILES string of the molecule is CNS(=O)(=O)Cc1ccc(CNC(=O)Cc2c(C)nc3nc(SC)nn3c2C)cc1. The fourth-order valence-corrected chi connectivity index (χ4v) is 4.11. The van der Waals surface area contributed by atoms with E-state index >= 15 is 0 Å². The van der Waals surface area contributed by atoms with Crippen LogP contribution in [0.15, 0.2) is 29.4 Å². The van der Waals surface area contributed by atoms with Crippen LogP contribution in [0, 0.1) is 13.8 Å². The minimum absolute atomic E-state index is 0.0787. The molecule has 2 heterocycles. The maximum atomic E-state index is 12.5. The molecule has 2 aromatic heterocycles. The van der Waals surface area contributed by atoms with Crippen LogP contribution in [0.4, 0.5) is 0 Å². The first-order valence-corrected chi connectivity index (χ1v) is 12.1. The molecule has 1 amide bonds. The van der Waals surface area contributed by atoms with Crippen molar-refractivity contribution in [2.45, 2.75) is 37.7 Å². The lowest BCUT2D eigenvalue weighted by atomic mass is 10.1. The van der Waals surface area contributed by atoms with Crippen molar-refractivity contribution in [1.82, 2.24) is 29.6 Å². The van der Waals surface area contributed by atoms with Gasteiger partial charge in [0.1, 0.15) is 0 Å². The second-order valence-electron chi connectivity index (χ2n) is 6.80. The Labute approximate surface area is 179 Å². The lowest BCUT2D eigenvalue weighted by Gasteiger charge is -2.11. The molecular formula is C19H24N6O3S2. The van der Waals surface area contributed by atoms with Gasteiger partial charge in [-0.2, -0.15) is 4.98 Å². The van der Waals surface area contributed by atoms with Gasteiger partial charge >= 0.3 is 0 Å². The molecule has 0 aliphatic rings. The van der Waals surface area contributed by atoms with Crippen molar-refractivity contribution < 1.29 is 13.2 Å². The number of amides is 1. The van der Waals surface area contributed by atoms with Gasteiger partial charge in [0.2, 0.25) is 21.1 Å². The minimum atomic E-state index is -3.31. The highest BCUT2D eigenvalue weighted by Crippen LogP contribution is 2.17. The molecule has 0 bridgehead atoms. The van der Waals surface area contributed by atoms with Gasteiger partial charge in [0.05, 0.1) is 12.2 Å². The van der Waals surface area contributed by atoms with Gasteiger partial charge in [-0.1, -0.05) is 36.0 Å². The maximum Gasteiger partial charge on any atom is 0.253 e. The molecule has 30 heavy (non-hydrogen) atoms. The zero-order valence-electron chi connectivity index (χ0n) is 17.3. The van der Waals surface area contributed by atoms with E-state index in [-0.39, 0.29) is 18.1 Å². The Bertz CT molecular complexity index is 1170. The third-order valence-corrected chi connectivity index (χ3v) is 6.60. The van der Waals surface area contributed by atoms with Crippen molar-refractivity contribution in [3.05, 3.63) is 52.3 Å². The number of carbonyl (C=O) groups excluding carboxylic acids is 1. The summed E-state index contributed by atoms with van der Waals surface area (Å²) in [4.78, 5) is 21.3. The van der Waals surface area contributed by atoms with Gasteiger partial charge < -0.3 is 5.32 Å². The van der Waals surface area contributed by atoms with Crippen molar-refractivity contribution in [3.8, 4) is 0 Å². The number of carbonyl (C=O) groups is 1. The molecule has 0 unspecified atom stereocenters. The number of hydrogen-bond acceptors (Lipinski definition) is 7. The lowest BCUT2D eigenvalue weighted by molar-refractivity contribution is -0.120. The van der Waals surface area contributed by atoms with Gasteiger partial charge in [-0.25, -0.2) is 22.6 Å². The number of benzene rings is 1. The summed E-state index contributed by atoms with van der Waals surface area (Å²) in [6.45, 7) is 4.12. The van der Waals surface area contributed by atoms with E-state index in [0.717, 1.165) is 22.5 Å². The standard InChI is InChI=1S/C19H24N6O3S2/c1-12-16(13(2)25-18(22-12)23-19(24-25)29-4)9-17(26)21-10-14-5-7-15(8-6-14)11-30(27,28)20-3/h5-8,20H,9-11H2,1-4H3,(H,21,26). The fraction of sp³-hybridized carbons (Fsp3) is 0.368. The molecule has 0 aliphatic heterocycles. The van der Waals surface area contributed by atoms with E-state index in [9.17, 15) is 13.2 Å². The Morgan fingerprint density at radius 1 is 1.13 bits per heavy atom. The quantitative estimate of drug-likeness (QED) is 0.500. The molecule has 9 nitrogen and oxygen atoms in total. The van der Waals surface area contributed by atoms with Gasteiger partial charge in [-0.15, -0.1) is 5.10 Å². The van der Waals surface area contributed by atoms with Gasteiger partial charge in [0, 0.05) is 23.5 Å². The largest absolute Gasteiger partial charge is 0.352 e. The van der Waals surface area contributed by atoms with Crippen LogP contribution in [0.5, 0.6) is 0 Å². The number of thioether (sulfide) groups is 1. The minimum Gasteiger partial charge on any atom is -0.352 e. The summed E-state index contributed by atoms with van der Waals surface area (Å²) in [5.41, 5.74) is 3.99. The number of rotatable bonds is 8. The van der Waals surface area contributed by atoms with E-state index in [0.29, 0.717) is 23.0 Å². The van der Waals surface area contributed by atoms with Gasteiger partial charge in [0.25, 0.3) is 5.78 Å². The van der Waals surface area contributed by atoms with E-state index in [1.54, 1.807) is 16.6 Å². The highest BCUT2D eigenvalue weighted by Gasteiger charge is 2.16. The van der Waals surface area contributed by atoms with Gasteiger partial charge in [-0.05, 0) is 38.3 Å². The van der Waals surface area contributed by atoms with Crippen LogP contribution in [-0.4, -0.2) is 47.2 Å². The number of aromatic nitrogens is 4. The summed E-state index contributed by atoms with van der Waals surface area (Å²) >= 11 is 1.44. The third kappa shape index (κ3) is 5.15. The van der Waals surface area contributed by atoms with Crippen molar-refractivity contribution in [3.63, 3.8) is 0 Å². The Morgan fingerprint density at radius 3 is 2.43 bits per heavy atom. The molecule has 0 atom stereocenters. The molecule has 0 saturated carbocycles. The second kappa shape index (κ2) is 9.11. The lowest BCUT2D eigenvalue weighted by Crippen LogP contribution is -2.26. The van der Waals surface area contributed by atoms with E-state index in [1.165, 1.54) is 18.8 Å². The predicted octanol–water partition coefficient (Wildman–Crippen LogP) is 1.37. The van der Waals surface area contributed by atoms with Crippen LogP contribution in [0.25, 0.3) is 5.78 Å². The first-order valence-electron chi connectivity index (χ1n) is 9.25. The van der Waals surface area contributed by atoms with E-state index in [2.05, 4.69) is 25.1 Å². The monoisotopic (exact) mass is 448 g/mol. The van der Waals surface area contributed by atoms with Gasteiger partial charge in [0.15, 0.2) is 0 Å². The number of nitrogens with one attached hydrogen (secondary N) is 2. The number of hydrogen-bond donors (Lipinski definition) is 2. The first kappa shape index (κ1) is 22.2. The van der Waals surface area contributed by atoms with Crippen LogP contribution in [-0.2, 0) is 33.5 Å². The summed E-state index contributed by atoms with van der Waals surface area (Å²) in [6, 6.07) is 7.11. The molecule has 1 aromatic carbocycles. The van der Waals surface area contributed by atoms with Crippen molar-refractivity contribution in [1.29, 1.82) is 0 Å². The predicted molar refractivity (Wildman–Crippen MR) is 116 cm³/mol. The van der Waals surface area contributed by atoms with Gasteiger partial charge in [-0.3, -0.25) is 4.79 Å². The molecule has 0 fully saturated rings. The highest BCUT2D eigenvalue weighted by molar-refractivity contribution is 7.98. The van der Waals surface area contributed by atoms with E-state index in [1.807, 2.05) is 32.2 Å². The molecule has 2 N–H and O–H groups in total. The van der Waals surface area contributed by atoms with E-state index in [4.69, 9.17) is 0 Å². The third-order valence-electron chi connectivity index (χ3n) is 4.73. The average molecular weight is 449 g/mol. The van der Waals surface area contributed by atoms with Crippen molar-refractivity contribution in [2.75, 3.05) is 13.3 Å². The van der Waals surface area contributed by atoms with Crippen LogP contribution in [0.1, 0.15) is 28.1 Å². The summed E-state index contributed by atoms with van der Waals surface area (Å²) in [5, 5.41) is 7.94. The summed E-state index contributed by atoms with van der Waals surface area (Å²) in [5.74, 6) is 0.318. The Balaban J connectivity index is 1.65. The van der Waals surface area contributed by atoms with Crippen LogP contribution in [0.3, 0.4) is 0 Å².